The molecule has 1 aromatic rings. The van der Waals surface area contributed by atoms with E-state index in [0.29, 0.717) is 11.8 Å². The summed E-state index contributed by atoms with van der Waals surface area (Å²) in [6.07, 6.45) is 0. The van der Waals surface area contributed by atoms with Crippen LogP contribution in [0.3, 0.4) is 0 Å². The Balaban J connectivity index is 0.000000673. The van der Waals surface area contributed by atoms with Crippen molar-refractivity contribution in [3.63, 3.8) is 0 Å². The summed E-state index contributed by atoms with van der Waals surface area (Å²) in [6.45, 7) is 8.23. The fourth-order valence-corrected chi connectivity index (χ4v) is 1.48. The van der Waals surface area contributed by atoms with Crippen LogP contribution in [0.4, 0.5) is 0 Å². The van der Waals surface area contributed by atoms with Gasteiger partial charge >= 0.3 is 26.8 Å². The van der Waals surface area contributed by atoms with Crippen molar-refractivity contribution in [3.05, 3.63) is 29.3 Å². The molecule has 0 saturated heterocycles. The molecule has 0 amide bonds. The Morgan fingerprint density at radius 3 is 1.50 bits per heavy atom. The van der Waals surface area contributed by atoms with Crippen molar-refractivity contribution in [1.29, 1.82) is 0 Å². The number of hydrogen-bond acceptors (Lipinski definition) is 1. The van der Waals surface area contributed by atoms with Crippen molar-refractivity contribution >= 4 is 15.2 Å². The van der Waals surface area contributed by atoms with Crippen molar-refractivity contribution < 1.29 is 5.11 Å². The van der Waals surface area contributed by atoms with Gasteiger partial charge in [-0.15, -0.1) is 5.75 Å². The van der Waals surface area contributed by atoms with Gasteiger partial charge in [0, 0.05) is 0 Å². The molecule has 0 radical (unpaired) electrons. The molecule has 0 fully saturated rings. The van der Waals surface area contributed by atoms with Gasteiger partial charge in [-0.25, -0.2) is 0 Å². The summed E-state index contributed by atoms with van der Waals surface area (Å²) in [5.41, 5.74) is 1.87. The molecule has 1 aromatic carbocycles. The van der Waals surface area contributed by atoms with E-state index in [4.69, 9.17) is 0 Å². The second kappa shape index (κ2) is 7.77. The topological polar surface area (TPSA) is 23.1 Å². The summed E-state index contributed by atoms with van der Waals surface area (Å²) in [5.74, 6) is 5.30. The van der Waals surface area contributed by atoms with Crippen LogP contribution in [0.5, 0.6) is 5.75 Å². The second-order valence-electron chi connectivity index (χ2n) is 4.65. The van der Waals surface area contributed by atoms with Crippen molar-refractivity contribution in [2.75, 3.05) is 0 Å². The van der Waals surface area contributed by atoms with Crippen LogP contribution in [0.25, 0.3) is 0 Å². The van der Waals surface area contributed by atoms with Gasteiger partial charge in [0.15, 0.2) is 0 Å². The molecule has 88 valence electrons. The number of para-hydroxylation sites is 1. The fourth-order valence-electron chi connectivity index (χ4n) is 1.48. The van der Waals surface area contributed by atoms with Crippen molar-refractivity contribution in [1.82, 2.24) is 0 Å². The van der Waals surface area contributed by atoms with Crippen LogP contribution in [-0.2, 0) is 0 Å². The minimum absolute atomic E-state index is 0.229. The Kier molecular flexibility index (Phi) is 7.55. The van der Waals surface area contributed by atoms with Crippen molar-refractivity contribution in [2.45, 2.75) is 51.1 Å². The van der Waals surface area contributed by atoms with E-state index in [1.807, 2.05) is 18.2 Å². The van der Waals surface area contributed by atoms with E-state index in [9.17, 15) is 5.11 Å². The number of hydrogen-bond donors (Lipinski definition) is 0. The predicted molar refractivity (Wildman–Crippen MR) is 71.5 cm³/mol. The van der Waals surface area contributed by atoms with Crippen LogP contribution in [0.2, 0.25) is 11.6 Å². The van der Waals surface area contributed by atoms with Gasteiger partial charge in [0.05, 0.1) is 0 Å². The van der Waals surface area contributed by atoms with Gasteiger partial charge in [-0.1, -0.05) is 57.0 Å². The maximum atomic E-state index is 11.9. The number of rotatable bonds is 2. The molecule has 2 heteroatoms. The second-order valence-corrected chi connectivity index (χ2v) is 5.81. The predicted octanol–water partition coefficient (Wildman–Crippen LogP) is 3.79. The average molecular weight is 234 g/mol. The van der Waals surface area contributed by atoms with Gasteiger partial charge in [-0.3, -0.25) is 0 Å². The van der Waals surface area contributed by atoms with E-state index in [-0.39, 0.29) is 5.75 Å². The normalized spacial score (nSPS) is 9.75. The average Bonchev–Trinajstić information content (AvgIpc) is 2.18. The van der Waals surface area contributed by atoms with E-state index in [2.05, 4.69) is 39.3 Å². The van der Waals surface area contributed by atoms with Crippen LogP contribution in [0, 0.1) is 0 Å². The molecule has 1 nitrogen and oxygen atoms in total. The Labute approximate surface area is 107 Å². The maximum absolute atomic E-state index is 11.9. The number of benzene rings is 1. The first kappa shape index (κ1) is 15.6. The molecule has 0 spiro atoms. The molecular formula is C14H23AlO. The molecular weight excluding hydrogens is 211 g/mol. The van der Waals surface area contributed by atoms with Crippen molar-refractivity contribution in [3.8, 4) is 5.75 Å². The van der Waals surface area contributed by atoms with E-state index < -0.39 is 0 Å². The molecule has 0 heterocycles. The Morgan fingerprint density at radius 1 is 0.938 bits per heavy atom. The molecule has 1 rings (SSSR count). The molecule has 0 N–H and O–H groups in total. The molecule has 0 aromatic heterocycles. The first-order valence-corrected chi connectivity index (χ1v) is 8.30. The van der Waals surface area contributed by atoms with Crippen LogP contribution >= 0.6 is 0 Å². The first-order valence-electron chi connectivity index (χ1n) is 5.99. The minimum atomic E-state index is 0.229. The van der Waals surface area contributed by atoms with E-state index in [0.717, 1.165) is 26.3 Å². The Morgan fingerprint density at radius 2 is 1.25 bits per heavy atom. The van der Waals surface area contributed by atoms with Crippen molar-refractivity contribution in [2.24, 2.45) is 0 Å². The van der Waals surface area contributed by atoms with E-state index >= 15 is 0 Å². The van der Waals surface area contributed by atoms with Crippen LogP contribution < -0.4 is 5.11 Å². The Hall–Kier alpha value is -0.448. The molecule has 0 aliphatic carbocycles. The van der Waals surface area contributed by atoms with Gasteiger partial charge in [0.2, 0.25) is 0 Å². The summed E-state index contributed by atoms with van der Waals surface area (Å²) in [6, 6.07) is 5.84. The molecule has 0 bridgehead atoms. The third kappa shape index (κ3) is 4.60. The summed E-state index contributed by atoms with van der Waals surface area (Å²) in [4.78, 5) is 0. The van der Waals surface area contributed by atoms with Gasteiger partial charge in [0.1, 0.15) is 0 Å². The third-order valence-corrected chi connectivity index (χ3v) is 2.32. The molecule has 0 unspecified atom stereocenters. The molecule has 0 aliphatic heterocycles. The van der Waals surface area contributed by atoms with Crippen LogP contribution in [-0.4, -0.2) is 15.2 Å². The molecule has 16 heavy (non-hydrogen) atoms. The quantitative estimate of drug-likeness (QED) is 0.714. The summed E-state index contributed by atoms with van der Waals surface area (Å²) < 4.78 is 0. The SMILES string of the molecule is CC(C)c1cccc(C(C)C)c1[O-].[CH3][Al+][CH3]. The van der Waals surface area contributed by atoms with Gasteiger partial charge in [-0.2, -0.15) is 0 Å². The zero-order valence-corrected chi connectivity index (χ0v) is 12.5. The van der Waals surface area contributed by atoms with E-state index in [1.165, 1.54) is 0 Å². The van der Waals surface area contributed by atoms with Crippen LogP contribution in [0.15, 0.2) is 18.2 Å². The van der Waals surface area contributed by atoms with Gasteiger partial charge in [0.25, 0.3) is 0 Å². The molecule has 0 saturated carbocycles. The summed E-state index contributed by atoms with van der Waals surface area (Å²) in [7, 11) is 0. The zero-order chi connectivity index (χ0) is 12.7. The third-order valence-electron chi connectivity index (χ3n) is 2.32. The summed E-state index contributed by atoms with van der Waals surface area (Å²) >= 11 is 0.750. The zero-order valence-electron chi connectivity index (χ0n) is 11.4. The first-order chi connectivity index (χ1) is 7.45. The van der Waals surface area contributed by atoms with E-state index in [1.54, 1.807) is 0 Å². The fraction of sp³-hybridized carbons (Fsp3) is 0.571. The van der Waals surface area contributed by atoms with Crippen LogP contribution in [0.1, 0.15) is 50.7 Å². The Bertz CT molecular complexity index is 279. The van der Waals surface area contributed by atoms with Gasteiger partial charge < -0.3 is 5.11 Å². The standard InChI is InChI=1S/C12H18O.2CH3.Al/c1-8(2)10-6-5-7-11(9(3)4)12(10)13;;;/h5-9,13H,1-4H3;2*1H3;/q;;;+1/p-1. The van der Waals surface area contributed by atoms with Gasteiger partial charge in [-0.05, 0) is 11.8 Å². The summed E-state index contributed by atoms with van der Waals surface area (Å²) in [5, 5.41) is 11.9. The molecule has 0 atom stereocenters. The monoisotopic (exact) mass is 234 g/mol. The molecule has 0 aliphatic rings.